The molecule has 0 bridgehead atoms. The molecule has 1 N–H and O–H groups in total. The highest BCUT2D eigenvalue weighted by Crippen LogP contribution is 2.15. The van der Waals surface area contributed by atoms with Crippen LogP contribution in [0.1, 0.15) is 32.6 Å². The number of hydrogen-bond donors (Lipinski definition) is 1. The summed E-state index contributed by atoms with van der Waals surface area (Å²) in [6, 6.07) is 1.31. The third-order valence-corrected chi connectivity index (χ3v) is 3.71. The Bertz CT molecular complexity index is 243. The Morgan fingerprint density at radius 1 is 1.47 bits per heavy atom. The maximum absolute atomic E-state index is 11.4. The number of piperidine rings is 1. The van der Waals surface area contributed by atoms with Crippen molar-refractivity contribution in [2.24, 2.45) is 0 Å². The molecular weight excluding hydrogens is 214 g/mol. The number of rotatable bonds is 5. The van der Waals surface area contributed by atoms with E-state index < -0.39 is 0 Å². The third-order valence-electron chi connectivity index (χ3n) is 3.71. The number of amides is 1. The molecule has 1 aliphatic heterocycles. The fourth-order valence-corrected chi connectivity index (χ4v) is 2.24. The first kappa shape index (κ1) is 14.5. The van der Waals surface area contributed by atoms with Gasteiger partial charge >= 0.3 is 0 Å². The molecule has 1 rings (SSSR count). The van der Waals surface area contributed by atoms with E-state index in [4.69, 9.17) is 0 Å². The van der Waals surface area contributed by atoms with Crippen LogP contribution in [0.15, 0.2) is 0 Å². The maximum atomic E-state index is 11.4. The average molecular weight is 241 g/mol. The molecule has 0 spiro atoms. The molecule has 1 aliphatic rings. The first-order valence-electron chi connectivity index (χ1n) is 6.64. The molecule has 0 aliphatic carbocycles. The summed E-state index contributed by atoms with van der Waals surface area (Å²) < 4.78 is 0. The molecule has 4 nitrogen and oxygen atoms in total. The van der Waals surface area contributed by atoms with E-state index in [1.54, 1.807) is 4.90 Å². The molecule has 1 amide bonds. The van der Waals surface area contributed by atoms with Gasteiger partial charge in [0, 0.05) is 32.6 Å². The number of nitrogens with one attached hydrogen (secondary N) is 1. The van der Waals surface area contributed by atoms with Crippen LogP contribution < -0.4 is 5.32 Å². The lowest BCUT2D eigenvalue weighted by Crippen LogP contribution is -2.45. The van der Waals surface area contributed by atoms with Crippen LogP contribution in [0, 0.1) is 0 Å². The van der Waals surface area contributed by atoms with Gasteiger partial charge in [0.15, 0.2) is 0 Å². The van der Waals surface area contributed by atoms with E-state index in [2.05, 4.69) is 24.2 Å². The van der Waals surface area contributed by atoms with E-state index >= 15 is 0 Å². The van der Waals surface area contributed by atoms with Gasteiger partial charge in [-0.1, -0.05) is 0 Å². The smallest absolute Gasteiger partial charge is 0.222 e. The van der Waals surface area contributed by atoms with Gasteiger partial charge in [0.05, 0.1) is 0 Å². The minimum absolute atomic E-state index is 0.226. The SMILES string of the molecule is CC1CC(NCCCC(=O)N(C)C)CCN1C. The van der Waals surface area contributed by atoms with Crippen molar-refractivity contribution in [3.05, 3.63) is 0 Å². The molecule has 17 heavy (non-hydrogen) atoms. The van der Waals surface area contributed by atoms with E-state index in [9.17, 15) is 4.79 Å². The number of likely N-dealkylation sites (tertiary alicyclic amines) is 1. The average Bonchev–Trinajstić information content (AvgIpc) is 2.28. The van der Waals surface area contributed by atoms with E-state index in [0.717, 1.165) is 13.0 Å². The van der Waals surface area contributed by atoms with Gasteiger partial charge in [-0.05, 0) is 46.3 Å². The fourth-order valence-electron chi connectivity index (χ4n) is 2.24. The molecule has 4 heteroatoms. The van der Waals surface area contributed by atoms with Gasteiger partial charge in [-0.15, -0.1) is 0 Å². The highest BCUT2D eigenvalue weighted by atomic mass is 16.2. The summed E-state index contributed by atoms with van der Waals surface area (Å²) in [5.74, 6) is 0.226. The van der Waals surface area contributed by atoms with Crippen molar-refractivity contribution in [3.8, 4) is 0 Å². The lowest BCUT2D eigenvalue weighted by atomic mass is 9.99. The highest BCUT2D eigenvalue weighted by molar-refractivity contribution is 5.75. The Morgan fingerprint density at radius 3 is 2.76 bits per heavy atom. The zero-order valence-electron chi connectivity index (χ0n) is 11.7. The molecule has 0 aromatic carbocycles. The summed E-state index contributed by atoms with van der Waals surface area (Å²) in [4.78, 5) is 15.5. The van der Waals surface area contributed by atoms with Crippen molar-refractivity contribution in [3.63, 3.8) is 0 Å². The van der Waals surface area contributed by atoms with Gasteiger partial charge in [0.25, 0.3) is 0 Å². The van der Waals surface area contributed by atoms with Gasteiger partial charge in [-0.25, -0.2) is 0 Å². The Labute approximate surface area is 105 Å². The van der Waals surface area contributed by atoms with Gasteiger partial charge in [0.2, 0.25) is 5.91 Å². The lowest BCUT2D eigenvalue weighted by molar-refractivity contribution is -0.128. The Hall–Kier alpha value is -0.610. The van der Waals surface area contributed by atoms with Crippen LogP contribution in [0.5, 0.6) is 0 Å². The summed E-state index contributed by atoms with van der Waals surface area (Å²) >= 11 is 0. The molecule has 0 aromatic rings. The lowest BCUT2D eigenvalue weighted by Gasteiger charge is -2.35. The normalized spacial score (nSPS) is 25.9. The summed E-state index contributed by atoms with van der Waals surface area (Å²) in [5, 5.41) is 3.57. The van der Waals surface area contributed by atoms with Crippen LogP contribution in [0.4, 0.5) is 0 Å². The fraction of sp³-hybridized carbons (Fsp3) is 0.923. The largest absolute Gasteiger partial charge is 0.349 e. The second-order valence-electron chi connectivity index (χ2n) is 5.40. The summed E-state index contributed by atoms with van der Waals surface area (Å²) in [7, 11) is 5.82. The van der Waals surface area contributed by atoms with Crippen LogP contribution in [-0.4, -0.2) is 62.0 Å². The Morgan fingerprint density at radius 2 is 2.18 bits per heavy atom. The number of carbonyl (C=O) groups is 1. The minimum Gasteiger partial charge on any atom is -0.349 e. The Kier molecular flexibility index (Phi) is 5.92. The molecular formula is C13H27N3O. The molecule has 1 saturated heterocycles. The van der Waals surface area contributed by atoms with E-state index in [-0.39, 0.29) is 5.91 Å². The number of nitrogens with zero attached hydrogens (tertiary/aromatic N) is 2. The van der Waals surface area contributed by atoms with Gasteiger partial charge in [-0.3, -0.25) is 4.79 Å². The Balaban J connectivity index is 2.09. The van der Waals surface area contributed by atoms with Gasteiger partial charge < -0.3 is 15.1 Å². The monoisotopic (exact) mass is 241 g/mol. The maximum Gasteiger partial charge on any atom is 0.222 e. The molecule has 0 aromatic heterocycles. The minimum atomic E-state index is 0.226. The second kappa shape index (κ2) is 6.97. The zero-order valence-corrected chi connectivity index (χ0v) is 11.7. The van der Waals surface area contributed by atoms with Crippen LogP contribution in [0.2, 0.25) is 0 Å². The van der Waals surface area contributed by atoms with E-state index in [1.807, 2.05) is 14.1 Å². The van der Waals surface area contributed by atoms with Crippen LogP contribution in [-0.2, 0) is 4.79 Å². The molecule has 1 fully saturated rings. The molecule has 2 unspecified atom stereocenters. The molecule has 2 atom stereocenters. The van der Waals surface area contributed by atoms with Crippen molar-refractivity contribution in [1.29, 1.82) is 0 Å². The summed E-state index contributed by atoms with van der Waals surface area (Å²) in [5.41, 5.74) is 0. The van der Waals surface area contributed by atoms with Crippen molar-refractivity contribution < 1.29 is 4.79 Å². The quantitative estimate of drug-likeness (QED) is 0.727. The number of hydrogen-bond acceptors (Lipinski definition) is 3. The first-order valence-corrected chi connectivity index (χ1v) is 6.64. The zero-order chi connectivity index (χ0) is 12.8. The molecule has 0 saturated carbocycles. The third kappa shape index (κ3) is 5.04. The van der Waals surface area contributed by atoms with Crippen molar-refractivity contribution >= 4 is 5.91 Å². The van der Waals surface area contributed by atoms with Crippen molar-refractivity contribution in [1.82, 2.24) is 15.1 Å². The van der Waals surface area contributed by atoms with Crippen molar-refractivity contribution in [2.45, 2.75) is 44.7 Å². The highest BCUT2D eigenvalue weighted by Gasteiger charge is 2.21. The van der Waals surface area contributed by atoms with Crippen molar-refractivity contribution in [2.75, 3.05) is 34.2 Å². The predicted octanol–water partition coefficient (Wildman–Crippen LogP) is 0.927. The molecule has 0 radical (unpaired) electrons. The van der Waals surface area contributed by atoms with Crippen LogP contribution in [0.25, 0.3) is 0 Å². The van der Waals surface area contributed by atoms with Crippen LogP contribution >= 0.6 is 0 Å². The van der Waals surface area contributed by atoms with Gasteiger partial charge in [0.1, 0.15) is 0 Å². The topological polar surface area (TPSA) is 35.6 Å². The molecule has 1 heterocycles. The standard InChI is InChI=1S/C13H27N3O/c1-11-10-12(7-9-16(11)4)14-8-5-6-13(17)15(2)3/h11-12,14H,5-10H2,1-4H3. The number of carbonyl (C=O) groups excluding carboxylic acids is 1. The summed E-state index contributed by atoms with van der Waals surface area (Å²) in [6.45, 7) is 4.42. The molecule has 100 valence electrons. The predicted molar refractivity (Wildman–Crippen MR) is 71.0 cm³/mol. The first-order chi connectivity index (χ1) is 8.00. The summed E-state index contributed by atoms with van der Waals surface area (Å²) in [6.07, 6.45) is 4.04. The van der Waals surface area contributed by atoms with Crippen LogP contribution in [0.3, 0.4) is 0 Å². The second-order valence-corrected chi connectivity index (χ2v) is 5.40. The van der Waals surface area contributed by atoms with E-state index in [0.29, 0.717) is 18.5 Å². The van der Waals surface area contributed by atoms with E-state index in [1.165, 1.54) is 19.4 Å². The van der Waals surface area contributed by atoms with Gasteiger partial charge in [-0.2, -0.15) is 0 Å².